The number of nitrogens with one attached hydrogen (secondary N) is 1. The lowest BCUT2D eigenvalue weighted by Gasteiger charge is -2.72. The topological polar surface area (TPSA) is 112 Å². The minimum absolute atomic E-state index is 0.0364. The number of rotatable bonds is 9. The summed E-state index contributed by atoms with van der Waals surface area (Å²) in [7, 11) is 0. The lowest BCUT2D eigenvalue weighted by molar-refractivity contribution is -0.246. The zero-order valence-corrected chi connectivity index (χ0v) is 33.3. The maximum atomic E-state index is 14.5. The Bertz CT molecular complexity index is 1860. The molecule has 7 rings (SSSR count). The van der Waals surface area contributed by atoms with Gasteiger partial charge in [0.25, 0.3) is 0 Å². The maximum absolute atomic E-state index is 14.5. The Hall–Kier alpha value is -3.50. The van der Waals surface area contributed by atoms with Gasteiger partial charge in [-0.25, -0.2) is 0 Å². The molecule has 0 aliphatic heterocycles. The van der Waals surface area contributed by atoms with Crippen molar-refractivity contribution >= 4 is 5.91 Å². The summed E-state index contributed by atoms with van der Waals surface area (Å²) in [4.78, 5) is 14.5. The highest BCUT2D eigenvalue weighted by Crippen LogP contribution is 2.75. The van der Waals surface area contributed by atoms with Crippen LogP contribution in [0.15, 0.2) is 52.9 Å². The van der Waals surface area contributed by atoms with Crippen molar-refractivity contribution in [3.05, 3.63) is 71.1 Å². The standard InChI is InChI=1S/C46H62N4O3/c1-8-20-46(24-23-44(6)35(30(46)2)15-16-37-43(5)21-18-38(51)42(3,4)36(43)17-22-45(37,44)7)41(52)48-25-19-31-11-10-14-34(27-31)40-50-49-39(53-40)28-32-12-9-13-33(26-32)29-47/h9-14,26-27,30,35-38,51H,8,15-25,28H2,1-7H3,(H,48,52)/t30?,35?,36?,37?,38?,43?,44-,45?,46?/m1/s1. The van der Waals surface area contributed by atoms with Gasteiger partial charge in [-0.05, 0) is 145 Å². The molecule has 4 saturated carbocycles. The Labute approximate surface area is 317 Å². The van der Waals surface area contributed by atoms with Crippen LogP contribution < -0.4 is 5.32 Å². The van der Waals surface area contributed by atoms with E-state index in [9.17, 15) is 15.2 Å². The molecule has 0 radical (unpaired) electrons. The van der Waals surface area contributed by atoms with Crippen molar-refractivity contribution in [2.45, 2.75) is 132 Å². The number of hydrogen-bond donors (Lipinski definition) is 2. The third-order valence-electron chi connectivity index (χ3n) is 16.4. The molecule has 0 saturated heterocycles. The number of carbonyl (C=O) groups is 1. The summed E-state index contributed by atoms with van der Waals surface area (Å²) in [5.41, 5.74) is 3.88. The highest BCUT2D eigenvalue weighted by molar-refractivity contribution is 5.83. The highest BCUT2D eigenvalue weighted by Gasteiger charge is 2.69. The van der Waals surface area contributed by atoms with Crippen molar-refractivity contribution in [1.82, 2.24) is 15.5 Å². The van der Waals surface area contributed by atoms with Gasteiger partial charge >= 0.3 is 0 Å². The SMILES string of the molecule is CCCC1(C(=O)NCCc2cccc(-c3nnc(Cc4cccc(C#N)c4)o3)c2)CC[C@]2(C)C(CCC3C4(C)CCC(O)C(C)(C)C4CCC32C)C1C. The molecule has 2 N–H and O–H groups in total. The molecule has 7 nitrogen and oxygen atoms in total. The molecule has 4 aliphatic carbocycles. The van der Waals surface area contributed by atoms with E-state index in [0.717, 1.165) is 61.6 Å². The zero-order chi connectivity index (χ0) is 37.8. The van der Waals surface area contributed by atoms with Crippen molar-refractivity contribution in [1.29, 1.82) is 5.26 Å². The monoisotopic (exact) mass is 718 g/mol. The number of aliphatic hydroxyl groups excluding tert-OH is 1. The minimum Gasteiger partial charge on any atom is -0.420 e. The van der Waals surface area contributed by atoms with Gasteiger partial charge < -0.3 is 14.8 Å². The number of benzene rings is 2. The van der Waals surface area contributed by atoms with Gasteiger partial charge in [0, 0.05) is 12.1 Å². The zero-order valence-electron chi connectivity index (χ0n) is 33.3. The second-order valence-electron chi connectivity index (χ2n) is 18.9. The number of carbonyl (C=O) groups excluding carboxylic acids is 1. The average molecular weight is 719 g/mol. The fraction of sp³-hybridized carbons (Fsp3) is 0.652. The lowest BCUT2D eigenvalue weighted by Crippen LogP contribution is -2.67. The average Bonchev–Trinajstić information content (AvgIpc) is 3.60. The molecule has 0 spiro atoms. The Balaban J connectivity index is 1.02. The molecule has 2 aromatic carbocycles. The fourth-order valence-corrected chi connectivity index (χ4v) is 13.3. The van der Waals surface area contributed by atoms with Crippen molar-refractivity contribution in [2.24, 2.45) is 50.7 Å². The molecular weight excluding hydrogens is 657 g/mol. The van der Waals surface area contributed by atoms with E-state index in [0.29, 0.717) is 54.0 Å². The number of nitrogens with zero attached hydrogens (tertiary/aromatic N) is 3. The van der Waals surface area contributed by atoms with Crippen molar-refractivity contribution in [2.75, 3.05) is 6.54 Å². The Kier molecular flexibility index (Phi) is 9.96. The summed E-state index contributed by atoms with van der Waals surface area (Å²) >= 11 is 0. The van der Waals surface area contributed by atoms with Crippen LogP contribution in [0.2, 0.25) is 0 Å². The molecule has 4 aliphatic rings. The van der Waals surface area contributed by atoms with E-state index in [4.69, 9.17) is 4.42 Å². The normalized spacial score (nSPS) is 36.0. The van der Waals surface area contributed by atoms with E-state index in [1.54, 1.807) is 6.07 Å². The van der Waals surface area contributed by atoms with E-state index in [1.165, 1.54) is 25.7 Å². The van der Waals surface area contributed by atoms with Gasteiger partial charge in [-0.2, -0.15) is 5.26 Å². The first-order valence-electron chi connectivity index (χ1n) is 20.6. The summed E-state index contributed by atoms with van der Waals surface area (Å²) in [6, 6.07) is 17.8. The van der Waals surface area contributed by atoms with Crippen LogP contribution >= 0.6 is 0 Å². The minimum atomic E-state index is -0.338. The largest absolute Gasteiger partial charge is 0.420 e. The van der Waals surface area contributed by atoms with Gasteiger partial charge in [0.2, 0.25) is 17.7 Å². The summed E-state index contributed by atoms with van der Waals surface area (Å²) in [6.07, 6.45) is 12.0. The molecule has 4 fully saturated rings. The number of amides is 1. The maximum Gasteiger partial charge on any atom is 0.247 e. The molecule has 1 amide bonds. The van der Waals surface area contributed by atoms with Gasteiger partial charge in [-0.3, -0.25) is 4.79 Å². The fourth-order valence-electron chi connectivity index (χ4n) is 13.3. The highest BCUT2D eigenvalue weighted by atomic mass is 16.4. The third kappa shape index (κ3) is 6.16. The van der Waals surface area contributed by atoms with E-state index >= 15 is 0 Å². The van der Waals surface area contributed by atoms with Crippen LogP contribution in [0.3, 0.4) is 0 Å². The van der Waals surface area contributed by atoms with Crippen LogP contribution in [0.1, 0.15) is 135 Å². The van der Waals surface area contributed by atoms with Gasteiger partial charge in [-0.1, -0.05) is 79.2 Å². The van der Waals surface area contributed by atoms with Crippen molar-refractivity contribution in [3.8, 4) is 17.5 Å². The molecule has 3 aromatic rings. The predicted molar refractivity (Wildman–Crippen MR) is 208 cm³/mol. The Morgan fingerprint density at radius 2 is 1.70 bits per heavy atom. The van der Waals surface area contributed by atoms with Gasteiger partial charge in [0.15, 0.2) is 0 Å². The van der Waals surface area contributed by atoms with Crippen LogP contribution in [0.25, 0.3) is 11.5 Å². The van der Waals surface area contributed by atoms with E-state index < -0.39 is 0 Å². The number of fused-ring (bicyclic) bond motifs is 5. The lowest BCUT2D eigenvalue weighted by atomic mass is 9.32. The number of aliphatic hydroxyl groups is 1. The molecule has 0 bridgehead atoms. The molecule has 1 aromatic heterocycles. The van der Waals surface area contributed by atoms with Crippen LogP contribution in [0.4, 0.5) is 0 Å². The van der Waals surface area contributed by atoms with Gasteiger partial charge in [0.1, 0.15) is 0 Å². The second-order valence-corrected chi connectivity index (χ2v) is 18.9. The van der Waals surface area contributed by atoms with Crippen LogP contribution in [0.5, 0.6) is 0 Å². The van der Waals surface area contributed by atoms with Crippen LogP contribution in [0, 0.1) is 62.1 Å². The first-order valence-corrected chi connectivity index (χ1v) is 20.6. The molecule has 9 atom stereocenters. The first-order chi connectivity index (χ1) is 25.2. The second kappa shape index (κ2) is 14.0. The molecular formula is C46H62N4O3. The van der Waals surface area contributed by atoms with Crippen molar-refractivity contribution in [3.63, 3.8) is 0 Å². The molecule has 8 unspecified atom stereocenters. The molecule has 1 heterocycles. The van der Waals surface area contributed by atoms with E-state index in [2.05, 4.69) is 82.2 Å². The van der Waals surface area contributed by atoms with E-state index in [-0.39, 0.29) is 39.1 Å². The van der Waals surface area contributed by atoms with Crippen LogP contribution in [-0.4, -0.2) is 33.9 Å². The van der Waals surface area contributed by atoms with E-state index in [1.807, 2.05) is 30.3 Å². The van der Waals surface area contributed by atoms with Crippen LogP contribution in [-0.2, 0) is 17.6 Å². The Morgan fingerprint density at radius 3 is 2.47 bits per heavy atom. The number of hydrogen-bond acceptors (Lipinski definition) is 6. The summed E-state index contributed by atoms with van der Waals surface area (Å²) in [6.45, 7) is 17.8. The summed E-state index contributed by atoms with van der Waals surface area (Å²) < 4.78 is 6.03. The number of nitriles is 1. The first kappa shape index (κ1) is 37.8. The van der Waals surface area contributed by atoms with Gasteiger partial charge in [-0.15, -0.1) is 10.2 Å². The summed E-state index contributed by atoms with van der Waals surface area (Å²) in [5, 5.41) is 32.3. The molecule has 284 valence electrons. The van der Waals surface area contributed by atoms with Crippen molar-refractivity contribution < 1.29 is 14.3 Å². The smallest absolute Gasteiger partial charge is 0.247 e. The molecule has 7 heteroatoms. The summed E-state index contributed by atoms with van der Waals surface area (Å²) in [5.74, 6) is 3.31. The third-order valence-corrected chi connectivity index (χ3v) is 16.4. The number of aromatic nitrogens is 2. The Morgan fingerprint density at radius 1 is 0.925 bits per heavy atom. The quantitative estimate of drug-likeness (QED) is 0.228. The van der Waals surface area contributed by atoms with Gasteiger partial charge in [0.05, 0.1) is 29.6 Å². The predicted octanol–water partition coefficient (Wildman–Crippen LogP) is 9.71. The molecule has 53 heavy (non-hydrogen) atoms.